The van der Waals surface area contributed by atoms with Crippen molar-refractivity contribution < 1.29 is 4.74 Å². The summed E-state index contributed by atoms with van der Waals surface area (Å²) < 4.78 is 5.37. The van der Waals surface area contributed by atoms with Crippen LogP contribution < -0.4 is 4.74 Å². The van der Waals surface area contributed by atoms with E-state index in [0.29, 0.717) is 17.4 Å². The number of methoxy groups -OCH3 is 1. The lowest BCUT2D eigenvalue weighted by Gasteiger charge is -2.08. The van der Waals surface area contributed by atoms with Gasteiger partial charge in [0.15, 0.2) is 0 Å². The van der Waals surface area contributed by atoms with E-state index in [0.717, 1.165) is 22.4 Å². The van der Waals surface area contributed by atoms with Gasteiger partial charge >= 0.3 is 0 Å². The minimum absolute atomic E-state index is 0.488. The monoisotopic (exact) mass is 314 g/mol. The fourth-order valence-electron chi connectivity index (χ4n) is 2.24. The number of rotatable bonds is 4. The molecule has 0 aliphatic carbocycles. The number of hydrogen-bond donors (Lipinski definition) is 0. The van der Waals surface area contributed by atoms with E-state index in [2.05, 4.69) is 21.5 Å². The minimum atomic E-state index is 0.488. The van der Waals surface area contributed by atoms with Gasteiger partial charge in [0.2, 0.25) is 5.82 Å². The van der Waals surface area contributed by atoms with Gasteiger partial charge in [-0.15, -0.1) is 10.2 Å². The average Bonchev–Trinajstić information content (AvgIpc) is 2.96. The SMILES string of the molecule is COc1ccc(C)cc1Cn1nnc(-c2ccccc2Cl)n1. The van der Waals surface area contributed by atoms with E-state index in [1.165, 1.54) is 4.80 Å². The molecule has 0 fully saturated rings. The Morgan fingerprint density at radius 3 is 2.77 bits per heavy atom. The quantitative estimate of drug-likeness (QED) is 0.741. The molecule has 0 saturated heterocycles. The molecule has 0 atom stereocenters. The summed E-state index contributed by atoms with van der Waals surface area (Å²) in [5.41, 5.74) is 2.93. The van der Waals surface area contributed by atoms with Gasteiger partial charge in [0.1, 0.15) is 5.75 Å². The van der Waals surface area contributed by atoms with E-state index in [-0.39, 0.29) is 0 Å². The maximum Gasteiger partial charge on any atom is 0.206 e. The Hall–Kier alpha value is -2.40. The molecule has 3 rings (SSSR count). The van der Waals surface area contributed by atoms with Crippen molar-refractivity contribution in [2.45, 2.75) is 13.5 Å². The van der Waals surface area contributed by atoms with Crippen LogP contribution in [0.2, 0.25) is 5.02 Å². The van der Waals surface area contributed by atoms with Crippen LogP contribution in [0.15, 0.2) is 42.5 Å². The highest BCUT2D eigenvalue weighted by atomic mass is 35.5. The summed E-state index contributed by atoms with van der Waals surface area (Å²) in [6.07, 6.45) is 0. The summed E-state index contributed by atoms with van der Waals surface area (Å²) in [5, 5.41) is 13.2. The van der Waals surface area contributed by atoms with Gasteiger partial charge in [-0.25, -0.2) is 0 Å². The summed E-state index contributed by atoms with van der Waals surface area (Å²) in [6, 6.07) is 13.4. The highest BCUT2D eigenvalue weighted by Crippen LogP contribution is 2.24. The first-order valence-corrected chi connectivity index (χ1v) is 7.21. The molecule has 1 heterocycles. The first-order valence-electron chi connectivity index (χ1n) is 6.83. The maximum atomic E-state index is 6.16. The van der Waals surface area contributed by atoms with Crippen molar-refractivity contribution in [3.63, 3.8) is 0 Å². The van der Waals surface area contributed by atoms with Crippen molar-refractivity contribution >= 4 is 11.6 Å². The van der Waals surface area contributed by atoms with Gasteiger partial charge < -0.3 is 4.74 Å². The zero-order valence-electron chi connectivity index (χ0n) is 12.3. The fourth-order valence-corrected chi connectivity index (χ4v) is 2.46. The maximum absolute atomic E-state index is 6.16. The van der Waals surface area contributed by atoms with Crippen LogP contribution in [0.3, 0.4) is 0 Å². The summed E-state index contributed by atoms with van der Waals surface area (Å²) in [5.74, 6) is 1.32. The molecule has 0 saturated carbocycles. The summed E-state index contributed by atoms with van der Waals surface area (Å²) >= 11 is 6.16. The first-order chi connectivity index (χ1) is 10.7. The van der Waals surface area contributed by atoms with Crippen LogP contribution in [-0.4, -0.2) is 27.3 Å². The number of nitrogens with zero attached hydrogens (tertiary/aromatic N) is 4. The third-order valence-electron chi connectivity index (χ3n) is 3.32. The Kier molecular flexibility index (Phi) is 4.06. The second kappa shape index (κ2) is 6.15. The largest absolute Gasteiger partial charge is 0.496 e. The molecule has 0 spiro atoms. The van der Waals surface area contributed by atoms with E-state index in [1.807, 2.05) is 37.3 Å². The van der Waals surface area contributed by atoms with E-state index < -0.39 is 0 Å². The van der Waals surface area contributed by atoms with Gasteiger partial charge in [0, 0.05) is 11.1 Å². The Morgan fingerprint density at radius 1 is 1.18 bits per heavy atom. The van der Waals surface area contributed by atoms with Crippen LogP contribution in [0.4, 0.5) is 0 Å². The average molecular weight is 315 g/mol. The van der Waals surface area contributed by atoms with Gasteiger partial charge in [-0.05, 0) is 30.3 Å². The molecule has 6 heteroatoms. The van der Waals surface area contributed by atoms with Gasteiger partial charge in [0.25, 0.3) is 0 Å². The lowest BCUT2D eigenvalue weighted by molar-refractivity contribution is 0.405. The highest BCUT2D eigenvalue weighted by molar-refractivity contribution is 6.33. The lowest BCUT2D eigenvalue weighted by atomic mass is 10.1. The summed E-state index contributed by atoms with van der Waals surface area (Å²) in [6.45, 7) is 2.52. The molecule has 22 heavy (non-hydrogen) atoms. The molecule has 0 bridgehead atoms. The zero-order valence-corrected chi connectivity index (χ0v) is 13.1. The molecule has 0 unspecified atom stereocenters. The molecule has 0 aliphatic heterocycles. The number of aromatic nitrogens is 4. The minimum Gasteiger partial charge on any atom is -0.496 e. The molecule has 1 aromatic heterocycles. The Balaban J connectivity index is 1.89. The Morgan fingerprint density at radius 2 is 2.00 bits per heavy atom. The van der Waals surface area contributed by atoms with Crippen LogP contribution in [0.1, 0.15) is 11.1 Å². The lowest BCUT2D eigenvalue weighted by Crippen LogP contribution is -2.06. The topological polar surface area (TPSA) is 52.8 Å². The van der Waals surface area contributed by atoms with Gasteiger partial charge in [-0.3, -0.25) is 0 Å². The summed E-state index contributed by atoms with van der Waals surface area (Å²) in [4.78, 5) is 1.54. The van der Waals surface area contributed by atoms with Crippen LogP contribution >= 0.6 is 11.6 Å². The molecular weight excluding hydrogens is 300 g/mol. The number of ether oxygens (including phenoxy) is 1. The van der Waals surface area contributed by atoms with Crippen molar-refractivity contribution in [3.8, 4) is 17.1 Å². The molecule has 5 nitrogen and oxygen atoms in total. The number of tetrazole rings is 1. The number of hydrogen-bond acceptors (Lipinski definition) is 4. The van der Waals surface area contributed by atoms with E-state index in [4.69, 9.17) is 16.3 Å². The Labute approximate surface area is 133 Å². The second-order valence-electron chi connectivity index (χ2n) is 4.94. The third kappa shape index (κ3) is 2.94. The van der Waals surface area contributed by atoms with Gasteiger partial charge in [-0.2, -0.15) is 4.80 Å². The molecule has 3 aromatic rings. The van der Waals surface area contributed by atoms with E-state index in [9.17, 15) is 0 Å². The van der Waals surface area contributed by atoms with Gasteiger partial charge in [-0.1, -0.05) is 41.4 Å². The molecule has 112 valence electrons. The number of halogens is 1. The van der Waals surface area contributed by atoms with Crippen molar-refractivity contribution in [1.82, 2.24) is 20.2 Å². The van der Waals surface area contributed by atoms with Crippen molar-refractivity contribution in [2.75, 3.05) is 7.11 Å². The highest BCUT2D eigenvalue weighted by Gasteiger charge is 2.11. The van der Waals surface area contributed by atoms with Crippen molar-refractivity contribution in [2.24, 2.45) is 0 Å². The predicted molar refractivity (Wildman–Crippen MR) is 85.1 cm³/mol. The normalized spacial score (nSPS) is 10.7. The van der Waals surface area contributed by atoms with Crippen LogP contribution in [-0.2, 0) is 6.54 Å². The molecule has 0 radical (unpaired) electrons. The first kappa shape index (κ1) is 14.5. The molecule has 0 aliphatic rings. The molecule has 0 N–H and O–H groups in total. The van der Waals surface area contributed by atoms with Crippen LogP contribution in [0.25, 0.3) is 11.4 Å². The van der Waals surface area contributed by atoms with E-state index in [1.54, 1.807) is 13.2 Å². The van der Waals surface area contributed by atoms with Crippen LogP contribution in [0.5, 0.6) is 5.75 Å². The standard InChI is InChI=1S/C16H15ClN4O/c1-11-7-8-15(22-2)12(9-11)10-21-19-16(18-20-21)13-5-3-4-6-14(13)17/h3-9H,10H2,1-2H3. The second-order valence-corrected chi connectivity index (χ2v) is 5.35. The number of benzene rings is 2. The molecule has 0 amide bonds. The van der Waals surface area contributed by atoms with Gasteiger partial charge in [0.05, 0.1) is 18.7 Å². The van der Waals surface area contributed by atoms with Crippen LogP contribution in [0, 0.1) is 6.92 Å². The molecule has 2 aromatic carbocycles. The predicted octanol–water partition coefficient (Wildman–Crippen LogP) is 3.36. The Bertz CT molecular complexity index is 800. The fraction of sp³-hybridized carbons (Fsp3) is 0.188. The third-order valence-corrected chi connectivity index (χ3v) is 3.64. The van der Waals surface area contributed by atoms with Crippen molar-refractivity contribution in [3.05, 3.63) is 58.6 Å². The van der Waals surface area contributed by atoms with Crippen molar-refractivity contribution in [1.29, 1.82) is 0 Å². The number of aryl methyl sites for hydroxylation is 1. The smallest absolute Gasteiger partial charge is 0.206 e. The molecular formula is C16H15ClN4O. The summed E-state index contributed by atoms with van der Waals surface area (Å²) in [7, 11) is 1.65. The van der Waals surface area contributed by atoms with E-state index >= 15 is 0 Å². The zero-order chi connectivity index (χ0) is 15.5.